The van der Waals surface area contributed by atoms with Crippen LogP contribution in [-0.2, 0) is 11.3 Å². The fourth-order valence-electron chi connectivity index (χ4n) is 2.36. The predicted molar refractivity (Wildman–Crippen MR) is 88.9 cm³/mol. The Hall–Kier alpha value is -2.36. The average Bonchev–Trinajstić information content (AvgIpc) is 2.52. The van der Waals surface area contributed by atoms with E-state index in [0.717, 1.165) is 16.7 Å². The highest BCUT2D eigenvalue weighted by atomic mass is 19.1. The molecule has 0 radical (unpaired) electrons. The Labute approximate surface area is 136 Å². The van der Waals surface area contributed by atoms with E-state index in [1.807, 2.05) is 39.0 Å². The molecule has 0 saturated heterocycles. The van der Waals surface area contributed by atoms with Crippen LogP contribution in [-0.4, -0.2) is 12.0 Å². The number of nitrogens with one attached hydrogen (secondary N) is 1. The molecule has 0 spiro atoms. The summed E-state index contributed by atoms with van der Waals surface area (Å²) < 4.78 is 19.0. The molecule has 1 atom stereocenters. The highest BCUT2D eigenvalue weighted by Crippen LogP contribution is 2.21. The van der Waals surface area contributed by atoms with Crippen LogP contribution < -0.4 is 10.1 Å². The van der Waals surface area contributed by atoms with Crippen LogP contribution in [0.15, 0.2) is 42.5 Å². The molecule has 2 aromatic carbocycles. The van der Waals surface area contributed by atoms with E-state index < -0.39 is 6.10 Å². The average molecular weight is 315 g/mol. The maximum Gasteiger partial charge on any atom is 0.261 e. The lowest BCUT2D eigenvalue weighted by atomic mass is 10.1. The molecule has 0 aliphatic heterocycles. The van der Waals surface area contributed by atoms with E-state index in [1.165, 1.54) is 12.1 Å². The normalized spacial score (nSPS) is 11.8. The van der Waals surface area contributed by atoms with Gasteiger partial charge in [-0.1, -0.05) is 36.8 Å². The number of hydrogen-bond donors (Lipinski definition) is 1. The van der Waals surface area contributed by atoms with Gasteiger partial charge in [0.2, 0.25) is 0 Å². The number of halogens is 1. The van der Waals surface area contributed by atoms with Gasteiger partial charge in [-0.05, 0) is 49.6 Å². The third-order valence-electron chi connectivity index (χ3n) is 3.62. The van der Waals surface area contributed by atoms with E-state index in [0.29, 0.717) is 12.2 Å². The molecule has 0 heterocycles. The quantitative estimate of drug-likeness (QED) is 0.877. The van der Waals surface area contributed by atoms with Gasteiger partial charge in [-0.2, -0.15) is 0 Å². The molecule has 4 heteroatoms. The Morgan fingerprint density at radius 1 is 1.22 bits per heavy atom. The van der Waals surface area contributed by atoms with Gasteiger partial charge in [-0.3, -0.25) is 4.79 Å². The number of hydrogen-bond acceptors (Lipinski definition) is 2. The third kappa shape index (κ3) is 4.81. The van der Waals surface area contributed by atoms with Crippen LogP contribution in [0.2, 0.25) is 0 Å². The molecule has 0 aliphatic rings. The third-order valence-corrected chi connectivity index (χ3v) is 3.62. The molecular weight excluding hydrogens is 293 g/mol. The predicted octanol–water partition coefficient (Wildman–Crippen LogP) is 3.92. The van der Waals surface area contributed by atoms with Gasteiger partial charge < -0.3 is 10.1 Å². The summed E-state index contributed by atoms with van der Waals surface area (Å²) in [5.74, 6) is 0.204. The summed E-state index contributed by atoms with van der Waals surface area (Å²) in [5, 5.41) is 2.80. The van der Waals surface area contributed by atoms with E-state index in [2.05, 4.69) is 5.32 Å². The first-order valence-electron chi connectivity index (χ1n) is 7.75. The standard InChI is InChI=1S/C19H22FNO2/c1-4-17(23-18-9-8-13(2)10-14(18)3)19(22)21-12-15-6-5-7-16(20)11-15/h5-11,17H,4,12H2,1-3H3,(H,21,22). The van der Waals surface area contributed by atoms with Gasteiger partial charge in [-0.25, -0.2) is 4.39 Å². The molecule has 0 fully saturated rings. The minimum atomic E-state index is -0.565. The van der Waals surface area contributed by atoms with Gasteiger partial charge in [0.05, 0.1) is 0 Å². The van der Waals surface area contributed by atoms with E-state index in [1.54, 1.807) is 12.1 Å². The van der Waals surface area contributed by atoms with Gasteiger partial charge in [0.25, 0.3) is 5.91 Å². The number of carbonyl (C=O) groups excluding carboxylic acids is 1. The number of ether oxygens (including phenoxy) is 1. The summed E-state index contributed by atoms with van der Waals surface area (Å²) in [6, 6.07) is 12.0. The van der Waals surface area contributed by atoms with Crippen molar-refractivity contribution in [3.8, 4) is 5.75 Å². The van der Waals surface area contributed by atoms with Crippen molar-refractivity contribution in [1.82, 2.24) is 5.32 Å². The van der Waals surface area contributed by atoms with Gasteiger partial charge >= 0.3 is 0 Å². The lowest BCUT2D eigenvalue weighted by Gasteiger charge is -2.19. The van der Waals surface area contributed by atoms with Crippen LogP contribution in [0.4, 0.5) is 4.39 Å². The van der Waals surface area contributed by atoms with Gasteiger partial charge in [0.15, 0.2) is 6.10 Å². The van der Waals surface area contributed by atoms with Crippen LogP contribution >= 0.6 is 0 Å². The Balaban J connectivity index is 1.98. The zero-order chi connectivity index (χ0) is 16.8. The lowest BCUT2D eigenvalue weighted by molar-refractivity contribution is -0.128. The minimum absolute atomic E-state index is 0.197. The van der Waals surface area contributed by atoms with Crippen molar-refractivity contribution in [2.24, 2.45) is 0 Å². The van der Waals surface area contributed by atoms with Crippen LogP contribution in [0.25, 0.3) is 0 Å². The summed E-state index contributed by atoms with van der Waals surface area (Å²) in [5.41, 5.74) is 2.87. The van der Waals surface area contributed by atoms with Gasteiger partial charge in [-0.15, -0.1) is 0 Å². The Morgan fingerprint density at radius 3 is 2.65 bits per heavy atom. The molecular formula is C19H22FNO2. The molecule has 0 bridgehead atoms. The summed E-state index contributed by atoms with van der Waals surface area (Å²) in [6.45, 7) is 6.15. The van der Waals surface area contributed by atoms with Crippen LogP contribution in [0.3, 0.4) is 0 Å². The van der Waals surface area contributed by atoms with Crippen LogP contribution in [0.5, 0.6) is 5.75 Å². The monoisotopic (exact) mass is 315 g/mol. The van der Waals surface area contributed by atoms with Gasteiger partial charge in [0, 0.05) is 6.54 Å². The number of carbonyl (C=O) groups is 1. The van der Waals surface area contributed by atoms with Crippen LogP contribution in [0, 0.1) is 19.7 Å². The van der Waals surface area contributed by atoms with E-state index in [4.69, 9.17) is 4.74 Å². The first-order chi connectivity index (χ1) is 11.0. The maximum absolute atomic E-state index is 13.1. The zero-order valence-corrected chi connectivity index (χ0v) is 13.7. The molecule has 0 aromatic heterocycles. The summed E-state index contributed by atoms with van der Waals surface area (Å²) in [7, 11) is 0. The largest absolute Gasteiger partial charge is 0.480 e. The van der Waals surface area contributed by atoms with Crippen molar-refractivity contribution in [2.75, 3.05) is 0 Å². The number of amides is 1. The number of benzene rings is 2. The Kier molecular flexibility index (Phi) is 5.74. The number of rotatable bonds is 6. The highest BCUT2D eigenvalue weighted by molar-refractivity contribution is 5.81. The Morgan fingerprint density at radius 2 is 2.00 bits per heavy atom. The zero-order valence-electron chi connectivity index (χ0n) is 13.7. The smallest absolute Gasteiger partial charge is 0.261 e. The fourth-order valence-corrected chi connectivity index (χ4v) is 2.36. The highest BCUT2D eigenvalue weighted by Gasteiger charge is 2.18. The SMILES string of the molecule is CCC(Oc1ccc(C)cc1C)C(=O)NCc1cccc(F)c1. The van der Waals surface area contributed by atoms with E-state index in [9.17, 15) is 9.18 Å². The van der Waals surface area contributed by atoms with E-state index in [-0.39, 0.29) is 18.3 Å². The molecule has 3 nitrogen and oxygen atoms in total. The van der Waals surface area contributed by atoms with Crippen molar-refractivity contribution < 1.29 is 13.9 Å². The molecule has 122 valence electrons. The maximum atomic E-state index is 13.1. The van der Waals surface area contributed by atoms with Crippen molar-refractivity contribution in [2.45, 2.75) is 39.8 Å². The van der Waals surface area contributed by atoms with Crippen molar-refractivity contribution in [1.29, 1.82) is 0 Å². The van der Waals surface area contributed by atoms with Gasteiger partial charge in [0.1, 0.15) is 11.6 Å². The Bertz CT molecular complexity index is 685. The second-order valence-electron chi connectivity index (χ2n) is 5.63. The molecule has 1 N–H and O–H groups in total. The molecule has 1 unspecified atom stereocenters. The van der Waals surface area contributed by atoms with Crippen molar-refractivity contribution in [3.63, 3.8) is 0 Å². The first kappa shape index (κ1) is 17.0. The molecule has 1 amide bonds. The number of aryl methyl sites for hydroxylation is 2. The topological polar surface area (TPSA) is 38.3 Å². The molecule has 0 saturated carbocycles. The molecule has 2 aromatic rings. The molecule has 0 aliphatic carbocycles. The lowest BCUT2D eigenvalue weighted by Crippen LogP contribution is -2.37. The first-order valence-corrected chi connectivity index (χ1v) is 7.75. The summed E-state index contributed by atoms with van der Waals surface area (Å²) >= 11 is 0. The van der Waals surface area contributed by atoms with Crippen LogP contribution in [0.1, 0.15) is 30.0 Å². The second-order valence-corrected chi connectivity index (χ2v) is 5.63. The molecule has 23 heavy (non-hydrogen) atoms. The minimum Gasteiger partial charge on any atom is -0.480 e. The second kappa shape index (κ2) is 7.77. The van der Waals surface area contributed by atoms with E-state index >= 15 is 0 Å². The van der Waals surface area contributed by atoms with Crippen molar-refractivity contribution >= 4 is 5.91 Å². The molecule has 2 rings (SSSR count). The fraction of sp³-hybridized carbons (Fsp3) is 0.316. The summed E-state index contributed by atoms with van der Waals surface area (Å²) in [6.07, 6.45) is -0.00701. The summed E-state index contributed by atoms with van der Waals surface area (Å²) in [4.78, 5) is 12.3. The van der Waals surface area contributed by atoms with Crippen molar-refractivity contribution in [3.05, 3.63) is 65.0 Å².